The van der Waals surface area contributed by atoms with Gasteiger partial charge in [-0.3, -0.25) is 0 Å². The van der Waals surface area contributed by atoms with E-state index in [2.05, 4.69) is 23.7 Å². The largest absolute Gasteiger partial charge is 0.496 e. The molecule has 29 heavy (non-hydrogen) atoms. The molecule has 4 fully saturated rings. The van der Waals surface area contributed by atoms with Crippen LogP contribution in [0.25, 0.3) is 0 Å². The van der Waals surface area contributed by atoms with Gasteiger partial charge in [0.25, 0.3) is 0 Å². The zero-order chi connectivity index (χ0) is 19.8. The molecule has 0 aliphatic heterocycles. The van der Waals surface area contributed by atoms with E-state index >= 15 is 0 Å². The summed E-state index contributed by atoms with van der Waals surface area (Å²) in [6.45, 7) is 0.488. The van der Waals surface area contributed by atoms with E-state index in [4.69, 9.17) is 9.57 Å². The van der Waals surface area contributed by atoms with E-state index < -0.39 is 0 Å². The number of hydrogen-bond donors (Lipinski definition) is 1. The summed E-state index contributed by atoms with van der Waals surface area (Å²) in [5.41, 5.74) is 6.16. The Kier molecular flexibility index (Phi) is 4.83. The molecule has 4 aliphatic carbocycles. The molecule has 0 saturated heterocycles. The molecule has 0 spiro atoms. The van der Waals surface area contributed by atoms with Crippen molar-refractivity contribution in [3.05, 3.63) is 65.2 Å². The summed E-state index contributed by atoms with van der Waals surface area (Å²) in [6.07, 6.45) is 8.19. The Morgan fingerprint density at radius 1 is 1.00 bits per heavy atom. The standard InChI is InChI=1S/C25H29NO3/c1-28-23-8-7-17(16-26-29-24(27)21-5-3-2-4-6-21)12-22(23)25-13-18-9-19(14-25)11-20(10-18)15-25/h2-8,12,18-20,26H,9-11,13-16H2,1H3. The van der Waals surface area contributed by atoms with Gasteiger partial charge in [0, 0.05) is 5.56 Å². The second-order valence-corrected chi connectivity index (χ2v) is 9.31. The molecule has 0 unspecified atom stereocenters. The molecule has 2 aromatic rings. The SMILES string of the molecule is COc1ccc(CNOC(=O)c2ccccc2)cc1C12CC3CC(CC(C3)C1)C2. The van der Waals surface area contributed by atoms with Gasteiger partial charge < -0.3 is 9.57 Å². The summed E-state index contributed by atoms with van der Waals surface area (Å²) in [5.74, 6) is 3.32. The van der Waals surface area contributed by atoms with Gasteiger partial charge in [-0.05, 0) is 85.5 Å². The van der Waals surface area contributed by atoms with Crippen LogP contribution in [0.2, 0.25) is 0 Å². The van der Waals surface area contributed by atoms with Gasteiger partial charge in [0.15, 0.2) is 0 Å². The van der Waals surface area contributed by atoms with Crippen molar-refractivity contribution in [1.29, 1.82) is 0 Å². The van der Waals surface area contributed by atoms with Crippen LogP contribution in [0.15, 0.2) is 48.5 Å². The third kappa shape index (κ3) is 3.55. The number of benzene rings is 2. The average molecular weight is 392 g/mol. The highest BCUT2D eigenvalue weighted by Crippen LogP contribution is 2.61. The summed E-state index contributed by atoms with van der Waals surface area (Å²) in [6, 6.07) is 15.5. The number of rotatable bonds is 6. The number of carbonyl (C=O) groups is 1. The number of hydrogen-bond acceptors (Lipinski definition) is 4. The molecule has 1 N–H and O–H groups in total. The fourth-order valence-corrected chi connectivity index (χ4v) is 6.54. The minimum atomic E-state index is -0.361. The molecule has 0 amide bonds. The fraction of sp³-hybridized carbons (Fsp3) is 0.480. The van der Waals surface area contributed by atoms with Crippen molar-refractivity contribution < 1.29 is 14.4 Å². The van der Waals surface area contributed by atoms with Crippen molar-refractivity contribution in [1.82, 2.24) is 5.48 Å². The summed E-state index contributed by atoms with van der Waals surface area (Å²) in [5, 5.41) is 0. The lowest BCUT2D eigenvalue weighted by Gasteiger charge is -2.57. The zero-order valence-electron chi connectivity index (χ0n) is 17.0. The quantitative estimate of drug-likeness (QED) is 0.702. The molecule has 6 rings (SSSR count). The topological polar surface area (TPSA) is 47.6 Å². The van der Waals surface area contributed by atoms with E-state index in [0.717, 1.165) is 29.1 Å². The smallest absolute Gasteiger partial charge is 0.356 e. The van der Waals surface area contributed by atoms with Crippen molar-refractivity contribution in [2.75, 3.05) is 7.11 Å². The summed E-state index contributed by atoms with van der Waals surface area (Å²) in [7, 11) is 1.78. The van der Waals surface area contributed by atoms with Crippen molar-refractivity contribution in [2.24, 2.45) is 17.8 Å². The third-order valence-corrected chi connectivity index (χ3v) is 7.32. The molecule has 0 aromatic heterocycles. The minimum Gasteiger partial charge on any atom is -0.496 e. The molecule has 152 valence electrons. The van der Waals surface area contributed by atoms with E-state index in [-0.39, 0.29) is 11.4 Å². The van der Waals surface area contributed by atoms with Crippen molar-refractivity contribution in [3.8, 4) is 5.75 Å². The van der Waals surface area contributed by atoms with Gasteiger partial charge in [0.05, 0.1) is 19.2 Å². The molecule has 4 aliphatic rings. The number of hydroxylamine groups is 1. The monoisotopic (exact) mass is 391 g/mol. The number of methoxy groups -OCH3 is 1. The lowest BCUT2D eigenvalue weighted by molar-refractivity contribution is -0.00626. The minimum absolute atomic E-state index is 0.275. The molecule has 0 atom stereocenters. The van der Waals surface area contributed by atoms with Crippen LogP contribution in [-0.4, -0.2) is 13.1 Å². The first-order valence-corrected chi connectivity index (χ1v) is 10.8. The molecular formula is C25H29NO3. The lowest BCUT2D eigenvalue weighted by atomic mass is 9.48. The first kappa shape index (κ1) is 18.7. The Morgan fingerprint density at radius 3 is 2.28 bits per heavy atom. The van der Waals surface area contributed by atoms with Crippen LogP contribution in [0, 0.1) is 17.8 Å². The van der Waals surface area contributed by atoms with Crippen LogP contribution < -0.4 is 10.2 Å². The molecule has 4 bridgehead atoms. The van der Waals surface area contributed by atoms with Gasteiger partial charge in [-0.1, -0.05) is 30.3 Å². The van der Waals surface area contributed by atoms with Gasteiger partial charge in [-0.15, -0.1) is 5.48 Å². The second kappa shape index (κ2) is 7.49. The Balaban J connectivity index is 1.32. The maximum Gasteiger partial charge on any atom is 0.356 e. The van der Waals surface area contributed by atoms with Gasteiger partial charge >= 0.3 is 5.97 Å². The third-order valence-electron chi connectivity index (χ3n) is 7.32. The van der Waals surface area contributed by atoms with E-state index in [1.807, 2.05) is 18.2 Å². The molecule has 0 radical (unpaired) electrons. The first-order valence-electron chi connectivity index (χ1n) is 10.8. The Morgan fingerprint density at radius 2 is 1.66 bits per heavy atom. The van der Waals surface area contributed by atoms with Gasteiger partial charge in [-0.2, -0.15) is 0 Å². The predicted octanol–water partition coefficient (Wildman–Crippen LogP) is 5.02. The van der Waals surface area contributed by atoms with E-state index in [1.54, 1.807) is 19.2 Å². The number of nitrogens with one attached hydrogen (secondary N) is 1. The molecule has 4 saturated carbocycles. The average Bonchev–Trinajstić information content (AvgIpc) is 2.73. The molecule has 4 heteroatoms. The second-order valence-electron chi connectivity index (χ2n) is 9.31. The summed E-state index contributed by atoms with van der Waals surface area (Å²) < 4.78 is 5.78. The number of carbonyl (C=O) groups excluding carboxylic acids is 1. The van der Waals surface area contributed by atoms with Crippen molar-refractivity contribution >= 4 is 5.97 Å². The normalized spacial score (nSPS) is 29.6. The van der Waals surface area contributed by atoms with E-state index in [1.165, 1.54) is 44.1 Å². The highest BCUT2D eigenvalue weighted by molar-refractivity contribution is 5.89. The molecular weight excluding hydrogens is 362 g/mol. The molecule has 2 aromatic carbocycles. The van der Waals surface area contributed by atoms with Gasteiger partial charge in [0.2, 0.25) is 0 Å². The highest BCUT2D eigenvalue weighted by Gasteiger charge is 2.52. The van der Waals surface area contributed by atoms with Crippen LogP contribution >= 0.6 is 0 Å². The zero-order valence-corrected chi connectivity index (χ0v) is 17.0. The van der Waals surface area contributed by atoms with Crippen LogP contribution in [0.3, 0.4) is 0 Å². The maximum atomic E-state index is 12.1. The Hall–Kier alpha value is -2.33. The number of ether oxygens (including phenoxy) is 1. The Bertz CT molecular complexity index is 857. The lowest BCUT2D eigenvalue weighted by Crippen LogP contribution is -2.48. The van der Waals surface area contributed by atoms with Crippen LogP contribution in [0.4, 0.5) is 0 Å². The molecule has 4 nitrogen and oxygen atoms in total. The maximum absolute atomic E-state index is 12.1. The van der Waals surface area contributed by atoms with Crippen molar-refractivity contribution in [3.63, 3.8) is 0 Å². The van der Waals surface area contributed by atoms with Crippen molar-refractivity contribution in [2.45, 2.75) is 50.5 Å². The van der Waals surface area contributed by atoms with E-state index in [9.17, 15) is 4.79 Å². The summed E-state index contributed by atoms with van der Waals surface area (Å²) >= 11 is 0. The predicted molar refractivity (Wildman–Crippen MR) is 112 cm³/mol. The summed E-state index contributed by atoms with van der Waals surface area (Å²) in [4.78, 5) is 17.4. The van der Waals surface area contributed by atoms with Crippen LogP contribution in [0.1, 0.15) is 60.0 Å². The van der Waals surface area contributed by atoms with E-state index in [0.29, 0.717) is 12.1 Å². The van der Waals surface area contributed by atoms with Gasteiger partial charge in [0.1, 0.15) is 5.75 Å². The van der Waals surface area contributed by atoms with Crippen LogP contribution in [-0.2, 0) is 16.8 Å². The Labute approximate surface area is 172 Å². The first-order chi connectivity index (χ1) is 14.1. The fourth-order valence-electron chi connectivity index (χ4n) is 6.54. The molecule has 0 heterocycles. The van der Waals surface area contributed by atoms with Gasteiger partial charge in [-0.25, -0.2) is 4.79 Å². The van der Waals surface area contributed by atoms with Crippen LogP contribution in [0.5, 0.6) is 5.75 Å². The highest BCUT2D eigenvalue weighted by atomic mass is 16.7.